The van der Waals surface area contributed by atoms with Crippen molar-refractivity contribution >= 4 is 21.9 Å². The average Bonchev–Trinajstić information content (AvgIpc) is 3.49. The lowest BCUT2D eigenvalue weighted by molar-refractivity contribution is 0.425. The molecule has 0 bridgehead atoms. The smallest absolute Gasteiger partial charge is 0.257 e. The van der Waals surface area contributed by atoms with Crippen molar-refractivity contribution in [2.24, 2.45) is 0 Å². The Bertz CT molecular complexity index is 1440. The van der Waals surface area contributed by atoms with Gasteiger partial charge in [0.1, 0.15) is 11.6 Å². The lowest BCUT2D eigenvalue weighted by Gasteiger charge is -2.15. The Morgan fingerprint density at radius 3 is 2.88 bits per heavy atom. The van der Waals surface area contributed by atoms with E-state index in [1.54, 1.807) is 6.07 Å². The summed E-state index contributed by atoms with van der Waals surface area (Å²) in [6, 6.07) is 11.1. The van der Waals surface area contributed by atoms with Crippen LogP contribution < -0.4 is 0 Å². The first kappa shape index (κ1) is 19.2. The number of halogens is 1. The van der Waals surface area contributed by atoms with Crippen LogP contribution in [0.25, 0.3) is 33.4 Å². The Balaban J connectivity index is 1.30. The molecule has 0 aliphatic heterocycles. The molecule has 0 fully saturated rings. The van der Waals surface area contributed by atoms with E-state index in [-0.39, 0.29) is 5.82 Å². The summed E-state index contributed by atoms with van der Waals surface area (Å²) < 4.78 is 21.3. The number of hydrogen-bond donors (Lipinski definition) is 1. The topological polar surface area (TPSA) is 72.5 Å². The largest absolute Gasteiger partial charge is 0.344 e. The average molecular weight is 429 g/mol. The third-order valence-corrected chi connectivity index (χ3v) is 6.44. The zero-order valence-electron chi connectivity index (χ0n) is 18.0. The number of aromatic nitrogens is 5. The van der Waals surface area contributed by atoms with Gasteiger partial charge in [-0.05, 0) is 81.0 Å². The molecule has 162 valence electrons. The molecule has 0 atom stereocenters. The van der Waals surface area contributed by atoms with E-state index < -0.39 is 0 Å². The SMILES string of the molecule is Cc1noc(-c2ccc3c(c2)c2c(n3CCCc3nc4ccc(F)cc4[nH]3)CCCC2)n1. The van der Waals surface area contributed by atoms with Gasteiger partial charge >= 0.3 is 0 Å². The Kier molecular flexibility index (Phi) is 4.56. The van der Waals surface area contributed by atoms with Crippen LogP contribution in [0.15, 0.2) is 40.9 Å². The highest BCUT2D eigenvalue weighted by molar-refractivity contribution is 5.89. The number of imidazole rings is 1. The fourth-order valence-electron chi connectivity index (χ4n) is 5.00. The van der Waals surface area contributed by atoms with Gasteiger partial charge in [-0.3, -0.25) is 0 Å². The van der Waals surface area contributed by atoms with Crippen LogP contribution in [0.5, 0.6) is 0 Å². The van der Waals surface area contributed by atoms with Gasteiger partial charge in [-0.1, -0.05) is 5.16 Å². The van der Waals surface area contributed by atoms with E-state index in [2.05, 4.69) is 42.9 Å². The molecule has 5 aromatic rings. The third kappa shape index (κ3) is 3.28. The quantitative estimate of drug-likeness (QED) is 0.399. The molecular weight excluding hydrogens is 405 g/mol. The van der Waals surface area contributed by atoms with E-state index >= 15 is 0 Å². The normalized spacial score (nSPS) is 13.8. The molecule has 0 amide bonds. The minimum atomic E-state index is -0.242. The molecule has 6 nitrogen and oxygen atoms in total. The second-order valence-corrected chi connectivity index (χ2v) is 8.61. The van der Waals surface area contributed by atoms with Crippen LogP contribution in [0.3, 0.4) is 0 Å². The van der Waals surface area contributed by atoms with Crippen LogP contribution in [-0.4, -0.2) is 24.7 Å². The lowest BCUT2D eigenvalue weighted by atomic mass is 9.95. The molecule has 3 heterocycles. The summed E-state index contributed by atoms with van der Waals surface area (Å²) in [5.41, 5.74) is 6.73. The highest BCUT2D eigenvalue weighted by Crippen LogP contribution is 2.35. The maximum atomic E-state index is 13.5. The fraction of sp³-hybridized carbons (Fsp3) is 0.320. The monoisotopic (exact) mass is 429 g/mol. The number of rotatable bonds is 5. The van der Waals surface area contributed by atoms with Gasteiger partial charge in [-0.15, -0.1) is 0 Å². The zero-order chi connectivity index (χ0) is 21.7. The van der Waals surface area contributed by atoms with Crippen LogP contribution in [0.2, 0.25) is 0 Å². The Labute approximate surface area is 184 Å². The summed E-state index contributed by atoms with van der Waals surface area (Å²) in [6.07, 6.45) is 6.47. The van der Waals surface area contributed by atoms with Crippen LogP contribution in [0.4, 0.5) is 4.39 Å². The molecule has 0 radical (unpaired) electrons. The molecule has 0 saturated carbocycles. The van der Waals surface area contributed by atoms with Gasteiger partial charge < -0.3 is 14.1 Å². The Hall–Kier alpha value is -3.48. The van der Waals surface area contributed by atoms with E-state index in [0.29, 0.717) is 11.7 Å². The van der Waals surface area contributed by atoms with E-state index in [1.165, 1.54) is 47.1 Å². The van der Waals surface area contributed by atoms with Crippen molar-refractivity contribution in [3.05, 3.63) is 65.1 Å². The van der Waals surface area contributed by atoms with E-state index in [9.17, 15) is 4.39 Å². The van der Waals surface area contributed by atoms with Gasteiger partial charge in [0.15, 0.2) is 5.82 Å². The van der Waals surface area contributed by atoms with Crippen molar-refractivity contribution in [1.82, 2.24) is 24.7 Å². The Morgan fingerprint density at radius 2 is 2.00 bits per heavy atom. The number of aromatic amines is 1. The second kappa shape index (κ2) is 7.58. The first-order chi connectivity index (χ1) is 15.7. The van der Waals surface area contributed by atoms with Crippen molar-refractivity contribution in [3.8, 4) is 11.5 Å². The molecule has 2 aromatic carbocycles. The molecule has 32 heavy (non-hydrogen) atoms. The molecule has 1 aliphatic rings. The molecule has 0 saturated heterocycles. The highest BCUT2D eigenvalue weighted by Gasteiger charge is 2.21. The molecule has 7 heteroatoms. The van der Waals surface area contributed by atoms with Gasteiger partial charge in [0.05, 0.1) is 11.0 Å². The number of H-pyrrole nitrogens is 1. The number of benzene rings is 2. The maximum Gasteiger partial charge on any atom is 0.257 e. The van der Waals surface area contributed by atoms with Crippen molar-refractivity contribution in [3.63, 3.8) is 0 Å². The van der Waals surface area contributed by atoms with Crippen LogP contribution >= 0.6 is 0 Å². The van der Waals surface area contributed by atoms with E-state index in [4.69, 9.17) is 4.52 Å². The maximum absolute atomic E-state index is 13.5. The number of aryl methyl sites for hydroxylation is 4. The molecule has 1 N–H and O–H groups in total. The first-order valence-corrected chi connectivity index (χ1v) is 11.2. The summed E-state index contributed by atoms with van der Waals surface area (Å²) in [6.45, 7) is 2.76. The fourth-order valence-corrected chi connectivity index (χ4v) is 5.00. The predicted octanol–water partition coefficient (Wildman–Crippen LogP) is 5.53. The van der Waals surface area contributed by atoms with Crippen molar-refractivity contribution in [2.75, 3.05) is 0 Å². The summed E-state index contributed by atoms with van der Waals surface area (Å²) in [7, 11) is 0. The van der Waals surface area contributed by atoms with E-state index in [0.717, 1.165) is 54.6 Å². The minimum Gasteiger partial charge on any atom is -0.344 e. The van der Waals surface area contributed by atoms with Crippen molar-refractivity contribution in [1.29, 1.82) is 0 Å². The molecule has 0 spiro atoms. The van der Waals surface area contributed by atoms with Gasteiger partial charge in [0.25, 0.3) is 5.89 Å². The summed E-state index contributed by atoms with van der Waals surface area (Å²) in [4.78, 5) is 12.3. The van der Waals surface area contributed by atoms with Gasteiger partial charge in [0.2, 0.25) is 0 Å². The standard InChI is InChI=1S/C25H24FN5O/c1-15-27-25(32-30-15)16-8-11-23-19(13-16)18-5-2-3-6-22(18)31(23)12-4-7-24-28-20-10-9-17(26)14-21(20)29-24/h8-11,13-14H,2-7,12H2,1H3,(H,28,29). The second-order valence-electron chi connectivity index (χ2n) is 8.61. The molecule has 0 unspecified atom stereocenters. The summed E-state index contributed by atoms with van der Waals surface area (Å²) in [5.74, 6) is 1.88. The lowest BCUT2D eigenvalue weighted by Crippen LogP contribution is -2.09. The van der Waals surface area contributed by atoms with Crippen molar-refractivity contribution in [2.45, 2.75) is 52.0 Å². The highest BCUT2D eigenvalue weighted by atomic mass is 19.1. The number of nitrogens with one attached hydrogen (secondary N) is 1. The first-order valence-electron chi connectivity index (χ1n) is 11.2. The van der Waals surface area contributed by atoms with Gasteiger partial charge in [0, 0.05) is 35.1 Å². The van der Waals surface area contributed by atoms with E-state index in [1.807, 2.05) is 6.92 Å². The van der Waals surface area contributed by atoms with Gasteiger partial charge in [-0.2, -0.15) is 4.98 Å². The van der Waals surface area contributed by atoms with Crippen LogP contribution in [0, 0.1) is 12.7 Å². The number of fused-ring (bicyclic) bond motifs is 4. The molecular formula is C25H24FN5O. The zero-order valence-corrected chi connectivity index (χ0v) is 18.0. The Morgan fingerprint density at radius 1 is 1.09 bits per heavy atom. The number of nitrogens with zero attached hydrogens (tertiary/aromatic N) is 4. The summed E-state index contributed by atoms with van der Waals surface area (Å²) >= 11 is 0. The molecule has 3 aromatic heterocycles. The summed E-state index contributed by atoms with van der Waals surface area (Å²) in [5, 5.41) is 5.23. The number of hydrogen-bond acceptors (Lipinski definition) is 4. The van der Waals surface area contributed by atoms with Crippen LogP contribution in [0.1, 0.15) is 42.2 Å². The van der Waals surface area contributed by atoms with Crippen molar-refractivity contribution < 1.29 is 8.91 Å². The van der Waals surface area contributed by atoms with Crippen LogP contribution in [-0.2, 0) is 25.8 Å². The molecule has 6 rings (SSSR count). The predicted molar refractivity (Wildman–Crippen MR) is 121 cm³/mol. The molecule has 1 aliphatic carbocycles. The van der Waals surface area contributed by atoms with Gasteiger partial charge in [-0.25, -0.2) is 9.37 Å². The minimum absolute atomic E-state index is 0.242. The third-order valence-electron chi connectivity index (χ3n) is 6.44.